The second kappa shape index (κ2) is 3.83. The lowest BCUT2D eigenvalue weighted by molar-refractivity contribution is 0.215. The number of aromatic nitrogens is 1. The number of halogens is 1. The van der Waals surface area contributed by atoms with Crippen LogP contribution in [0, 0.1) is 0 Å². The van der Waals surface area contributed by atoms with Gasteiger partial charge in [-0.15, -0.1) is 0 Å². The van der Waals surface area contributed by atoms with Crippen LogP contribution in [0.25, 0.3) is 0 Å². The highest BCUT2D eigenvalue weighted by atomic mass is 79.9. The molecule has 12 heavy (non-hydrogen) atoms. The first-order valence-corrected chi connectivity index (χ1v) is 4.35. The lowest BCUT2D eigenvalue weighted by Gasteiger charge is -2.11. The molecule has 0 fully saturated rings. The topological polar surface area (TPSA) is 33.1 Å². The number of nitrogens with zero attached hydrogens (tertiary/aromatic N) is 1. The monoisotopic (exact) mass is 227 g/mol. The van der Waals surface area contributed by atoms with E-state index in [-0.39, 0.29) is 0 Å². The maximum atomic E-state index is 9.62. The molecule has 1 heterocycles. The Morgan fingerprint density at radius 2 is 2.42 bits per heavy atom. The van der Waals surface area contributed by atoms with Gasteiger partial charge < -0.3 is 5.11 Å². The predicted octanol–water partition coefficient (Wildman–Crippen LogP) is 2.45. The van der Waals surface area contributed by atoms with E-state index < -0.39 is 6.10 Å². The van der Waals surface area contributed by atoms with Gasteiger partial charge in [0.2, 0.25) is 0 Å². The van der Waals surface area contributed by atoms with Gasteiger partial charge in [-0.25, -0.2) is 0 Å². The fraction of sp³-hybridized carbons (Fsp3) is 0.222. The van der Waals surface area contributed by atoms with E-state index in [1.54, 1.807) is 25.4 Å². The molecule has 1 N–H and O–H groups in total. The molecule has 3 heteroatoms. The SMILES string of the molecule is C=C(C)C(O)c1ccncc1Br. The van der Waals surface area contributed by atoms with Crippen molar-refractivity contribution in [1.29, 1.82) is 0 Å². The molecule has 1 aromatic rings. The predicted molar refractivity (Wildman–Crippen MR) is 51.7 cm³/mol. The number of aliphatic hydroxyl groups is 1. The van der Waals surface area contributed by atoms with Gasteiger partial charge in [0, 0.05) is 22.4 Å². The summed E-state index contributed by atoms with van der Waals surface area (Å²) >= 11 is 3.30. The van der Waals surface area contributed by atoms with Crippen molar-refractivity contribution in [3.8, 4) is 0 Å². The summed E-state index contributed by atoms with van der Waals surface area (Å²) in [5.41, 5.74) is 1.53. The van der Waals surface area contributed by atoms with Crippen LogP contribution in [0.1, 0.15) is 18.6 Å². The van der Waals surface area contributed by atoms with Crippen molar-refractivity contribution in [2.75, 3.05) is 0 Å². The van der Waals surface area contributed by atoms with Gasteiger partial charge in [0.25, 0.3) is 0 Å². The highest BCUT2D eigenvalue weighted by molar-refractivity contribution is 9.10. The summed E-state index contributed by atoms with van der Waals surface area (Å²) in [7, 11) is 0. The van der Waals surface area contributed by atoms with Gasteiger partial charge in [-0.2, -0.15) is 0 Å². The van der Waals surface area contributed by atoms with Gasteiger partial charge in [-0.3, -0.25) is 4.98 Å². The van der Waals surface area contributed by atoms with Gasteiger partial charge in [0.05, 0.1) is 0 Å². The molecule has 0 aliphatic carbocycles. The van der Waals surface area contributed by atoms with E-state index in [4.69, 9.17) is 0 Å². The number of pyridine rings is 1. The standard InChI is InChI=1S/C9H10BrNO/c1-6(2)9(12)7-3-4-11-5-8(7)10/h3-5,9,12H,1H2,2H3. The Labute approximate surface area is 80.1 Å². The van der Waals surface area contributed by atoms with E-state index in [2.05, 4.69) is 27.5 Å². The second-order valence-electron chi connectivity index (χ2n) is 2.65. The zero-order chi connectivity index (χ0) is 9.14. The van der Waals surface area contributed by atoms with Crippen LogP contribution in [0.4, 0.5) is 0 Å². The van der Waals surface area contributed by atoms with Crippen LogP contribution in [0.3, 0.4) is 0 Å². The van der Waals surface area contributed by atoms with Crippen molar-refractivity contribution in [3.05, 3.63) is 40.6 Å². The molecule has 1 rings (SSSR count). The number of hydrogen-bond acceptors (Lipinski definition) is 2. The molecule has 64 valence electrons. The largest absolute Gasteiger partial charge is 0.384 e. The van der Waals surface area contributed by atoms with Crippen molar-refractivity contribution in [1.82, 2.24) is 4.98 Å². The molecule has 0 bridgehead atoms. The molecular formula is C9H10BrNO. The number of aliphatic hydroxyl groups excluding tert-OH is 1. The Bertz CT molecular complexity index is 298. The molecule has 0 spiro atoms. The third-order valence-corrected chi connectivity index (χ3v) is 2.23. The zero-order valence-corrected chi connectivity index (χ0v) is 8.37. The van der Waals surface area contributed by atoms with Crippen LogP contribution in [-0.2, 0) is 0 Å². The molecule has 1 aromatic heterocycles. The van der Waals surface area contributed by atoms with Crippen LogP contribution in [0.15, 0.2) is 35.1 Å². The molecule has 0 amide bonds. The number of rotatable bonds is 2. The van der Waals surface area contributed by atoms with Gasteiger partial charge in [0.15, 0.2) is 0 Å². The summed E-state index contributed by atoms with van der Waals surface area (Å²) in [4.78, 5) is 3.90. The Kier molecular flexibility index (Phi) is 3.00. The van der Waals surface area contributed by atoms with Crippen molar-refractivity contribution < 1.29 is 5.11 Å². The Morgan fingerprint density at radius 3 is 2.92 bits per heavy atom. The fourth-order valence-electron chi connectivity index (χ4n) is 0.873. The van der Waals surface area contributed by atoms with Gasteiger partial charge in [-0.05, 0) is 34.5 Å². The van der Waals surface area contributed by atoms with E-state index in [1.165, 1.54) is 0 Å². The van der Waals surface area contributed by atoms with Crippen LogP contribution >= 0.6 is 15.9 Å². The third kappa shape index (κ3) is 1.93. The Hall–Kier alpha value is -0.670. The summed E-state index contributed by atoms with van der Waals surface area (Å²) in [6.45, 7) is 5.47. The maximum absolute atomic E-state index is 9.62. The molecule has 0 aromatic carbocycles. The Morgan fingerprint density at radius 1 is 1.75 bits per heavy atom. The minimum absolute atomic E-state index is 0.609. The fourth-order valence-corrected chi connectivity index (χ4v) is 1.34. The maximum Gasteiger partial charge on any atom is 0.101 e. The quantitative estimate of drug-likeness (QED) is 0.788. The van der Waals surface area contributed by atoms with Gasteiger partial charge in [-0.1, -0.05) is 6.58 Å². The first-order chi connectivity index (χ1) is 5.63. The first-order valence-electron chi connectivity index (χ1n) is 3.56. The molecule has 0 saturated heterocycles. The van der Waals surface area contributed by atoms with Crippen LogP contribution in [0.5, 0.6) is 0 Å². The average molecular weight is 228 g/mol. The number of hydrogen-bond donors (Lipinski definition) is 1. The van der Waals surface area contributed by atoms with Gasteiger partial charge in [0.1, 0.15) is 6.10 Å². The first kappa shape index (κ1) is 9.42. The van der Waals surface area contributed by atoms with Crippen LogP contribution in [0.2, 0.25) is 0 Å². The molecule has 0 aliphatic heterocycles. The molecule has 0 saturated carbocycles. The molecular weight excluding hydrogens is 218 g/mol. The van der Waals surface area contributed by atoms with E-state index in [1.807, 2.05) is 0 Å². The van der Waals surface area contributed by atoms with E-state index >= 15 is 0 Å². The molecule has 1 atom stereocenters. The minimum Gasteiger partial charge on any atom is -0.384 e. The molecule has 1 unspecified atom stereocenters. The Balaban J connectivity index is 3.02. The summed E-state index contributed by atoms with van der Waals surface area (Å²) in [6, 6.07) is 1.77. The molecule has 0 radical (unpaired) electrons. The van der Waals surface area contributed by atoms with Gasteiger partial charge >= 0.3 is 0 Å². The lowest BCUT2D eigenvalue weighted by Crippen LogP contribution is -1.98. The molecule has 0 aliphatic rings. The van der Waals surface area contributed by atoms with E-state index in [0.717, 1.165) is 15.6 Å². The minimum atomic E-state index is -0.609. The summed E-state index contributed by atoms with van der Waals surface area (Å²) in [5.74, 6) is 0. The summed E-state index contributed by atoms with van der Waals surface area (Å²) in [5, 5.41) is 9.62. The van der Waals surface area contributed by atoms with Crippen molar-refractivity contribution >= 4 is 15.9 Å². The van der Waals surface area contributed by atoms with Crippen molar-refractivity contribution in [2.45, 2.75) is 13.0 Å². The van der Waals surface area contributed by atoms with E-state index in [9.17, 15) is 5.11 Å². The second-order valence-corrected chi connectivity index (χ2v) is 3.50. The lowest BCUT2D eigenvalue weighted by atomic mass is 10.1. The van der Waals surface area contributed by atoms with E-state index in [0.29, 0.717) is 0 Å². The summed E-state index contributed by atoms with van der Waals surface area (Å²) in [6.07, 6.45) is 2.69. The summed E-state index contributed by atoms with van der Waals surface area (Å²) < 4.78 is 0.806. The highest BCUT2D eigenvalue weighted by Gasteiger charge is 2.10. The smallest absolute Gasteiger partial charge is 0.101 e. The third-order valence-electron chi connectivity index (χ3n) is 1.57. The van der Waals surface area contributed by atoms with Crippen molar-refractivity contribution in [3.63, 3.8) is 0 Å². The molecule has 2 nitrogen and oxygen atoms in total. The van der Waals surface area contributed by atoms with Crippen molar-refractivity contribution in [2.24, 2.45) is 0 Å². The zero-order valence-electron chi connectivity index (χ0n) is 6.79. The average Bonchev–Trinajstić information content (AvgIpc) is 2.04. The normalized spacial score (nSPS) is 12.6. The van der Waals surface area contributed by atoms with Crippen LogP contribution in [-0.4, -0.2) is 10.1 Å². The highest BCUT2D eigenvalue weighted by Crippen LogP contribution is 2.25. The van der Waals surface area contributed by atoms with Crippen LogP contribution < -0.4 is 0 Å².